The maximum atomic E-state index is 11.7. The van der Waals surface area contributed by atoms with E-state index in [9.17, 15) is 9.59 Å². The molecule has 27 heavy (non-hydrogen) atoms. The number of hydrogen-bond donors (Lipinski definition) is 1. The zero-order valence-electron chi connectivity index (χ0n) is 15.8. The highest BCUT2D eigenvalue weighted by molar-refractivity contribution is 6.01. The van der Waals surface area contributed by atoms with Crippen LogP contribution in [0.25, 0.3) is 11.1 Å². The van der Waals surface area contributed by atoms with E-state index in [4.69, 9.17) is 9.97 Å². The number of likely N-dealkylation sites (tertiary alicyclic amines) is 1. The van der Waals surface area contributed by atoms with Crippen LogP contribution in [0.2, 0.25) is 0 Å². The Kier molecular flexibility index (Phi) is 4.64. The molecule has 1 aromatic heterocycles. The maximum absolute atomic E-state index is 11.7. The second kappa shape index (κ2) is 7.10. The molecule has 0 radical (unpaired) electrons. The van der Waals surface area contributed by atoms with Gasteiger partial charge in [0.2, 0.25) is 11.8 Å². The summed E-state index contributed by atoms with van der Waals surface area (Å²) < 4.78 is 0. The van der Waals surface area contributed by atoms with Gasteiger partial charge in [-0.25, -0.2) is 9.97 Å². The van der Waals surface area contributed by atoms with Gasteiger partial charge in [0.25, 0.3) is 0 Å². The molecule has 6 heteroatoms. The predicted octanol–water partition coefficient (Wildman–Crippen LogP) is 2.87. The fourth-order valence-corrected chi connectivity index (χ4v) is 3.86. The molecular weight excluding hydrogens is 340 g/mol. The van der Waals surface area contributed by atoms with Crippen LogP contribution in [0.15, 0.2) is 18.2 Å². The molecule has 4 rings (SSSR count). The van der Waals surface area contributed by atoms with E-state index >= 15 is 0 Å². The third-order valence-corrected chi connectivity index (χ3v) is 5.24. The second-order valence-electron chi connectivity index (χ2n) is 7.22. The van der Waals surface area contributed by atoms with Gasteiger partial charge in [-0.2, -0.15) is 0 Å². The first-order valence-corrected chi connectivity index (χ1v) is 9.63. The first kappa shape index (κ1) is 17.6. The molecule has 0 spiro atoms. The Morgan fingerprint density at radius 2 is 1.93 bits per heavy atom. The number of anilines is 1. The van der Waals surface area contributed by atoms with Gasteiger partial charge in [0, 0.05) is 44.3 Å². The molecule has 1 aliphatic heterocycles. The molecule has 2 aliphatic rings. The highest BCUT2D eigenvalue weighted by Crippen LogP contribution is 2.40. The van der Waals surface area contributed by atoms with E-state index in [2.05, 4.69) is 37.4 Å². The number of amides is 2. The number of hydrogen-bond acceptors (Lipinski definition) is 5. The number of nitrogens with zero attached hydrogens (tertiary/aromatic N) is 3. The van der Waals surface area contributed by atoms with Gasteiger partial charge in [-0.1, -0.05) is 30.7 Å². The lowest BCUT2D eigenvalue weighted by Gasteiger charge is -2.15. The van der Waals surface area contributed by atoms with Gasteiger partial charge in [0.1, 0.15) is 11.6 Å². The van der Waals surface area contributed by atoms with E-state index in [-0.39, 0.29) is 11.8 Å². The van der Waals surface area contributed by atoms with Gasteiger partial charge in [-0.05, 0) is 24.5 Å². The summed E-state index contributed by atoms with van der Waals surface area (Å²) in [6.45, 7) is 5.29. The normalized spacial score (nSPS) is 15.3. The summed E-state index contributed by atoms with van der Waals surface area (Å²) in [6.07, 6.45) is 3.03. The Morgan fingerprint density at radius 3 is 2.67 bits per heavy atom. The van der Waals surface area contributed by atoms with Gasteiger partial charge >= 0.3 is 0 Å². The molecule has 2 heterocycles. The molecule has 1 saturated heterocycles. The fourth-order valence-electron chi connectivity index (χ4n) is 3.86. The zero-order valence-corrected chi connectivity index (χ0v) is 15.8. The van der Waals surface area contributed by atoms with E-state index in [0.717, 1.165) is 35.7 Å². The Bertz CT molecular complexity index is 907. The predicted molar refractivity (Wildman–Crippen MR) is 103 cm³/mol. The van der Waals surface area contributed by atoms with Crippen molar-refractivity contribution in [1.29, 1.82) is 0 Å². The summed E-state index contributed by atoms with van der Waals surface area (Å²) in [4.78, 5) is 34.3. The summed E-state index contributed by atoms with van der Waals surface area (Å²) >= 11 is 0. The topological polar surface area (TPSA) is 75.2 Å². The third-order valence-electron chi connectivity index (χ3n) is 5.24. The Morgan fingerprint density at radius 1 is 1.15 bits per heavy atom. The van der Waals surface area contributed by atoms with Crippen LogP contribution in [0.4, 0.5) is 5.82 Å². The number of rotatable bonds is 6. The van der Waals surface area contributed by atoms with Crippen LogP contribution in [0.5, 0.6) is 0 Å². The van der Waals surface area contributed by atoms with Crippen molar-refractivity contribution in [1.82, 2.24) is 14.9 Å². The van der Waals surface area contributed by atoms with Crippen molar-refractivity contribution >= 4 is 17.6 Å². The number of nitrogens with one attached hydrogen (secondary N) is 1. The van der Waals surface area contributed by atoms with Crippen LogP contribution < -0.4 is 5.32 Å². The fraction of sp³-hybridized carbons (Fsp3) is 0.429. The number of aryl methyl sites for hydroxylation is 2. The molecule has 1 aliphatic carbocycles. The number of carbonyl (C=O) groups is 2. The van der Waals surface area contributed by atoms with Crippen molar-refractivity contribution in [3.8, 4) is 11.1 Å². The third kappa shape index (κ3) is 3.31. The first-order chi connectivity index (χ1) is 13.1. The van der Waals surface area contributed by atoms with E-state index in [1.807, 2.05) is 0 Å². The van der Waals surface area contributed by atoms with Crippen LogP contribution >= 0.6 is 0 Å². The number of aromatic nitrogens is 2. The minimum Gasteiger partial charge on any atom is -0.369 e. The van der Waals surface area contributed by atoms with E-state index < -0.39 is 0 Å². The number of fused-ring (bicyclic) bond motifs is 3. The summed E-state index contributed by atoms with van der Waals surface area (Å²) in [7, 11) is 0. The largest absolute Gasteiger partial charge is 0.369 e. The van der Waals surface area contributed by atoms with Crippen LogP contribution in [0.3, 0.4) is 0 Å². The first-order valence-electron chi connectivity index (χ1n) is 9.63. The monoisotopic (exact) mass is 364 g/mol. The molecule has 0 bridgehead atoms. The van der Waals surface area contributed by atoms with Crippen LogP contribution in [0.1, 0.15) is 48.8 Å². The van der Waals surface area contributed by atoms with Crippen LogP contribution in [-0.4, -0.2) is 39.8 Å². The van der Waals surface area contributed by atoms with Crippen molar-refractivity contribution in [2.75, 3.05) is 18.4 Å². The minimum atomic E-state index is -0.0551. The lowest BCUT2D eigenvalue weighted by Crippen LogP contribution is -2.31. The quantitative estimate of drug-likeness (QED) is 0.538. The Labute approximate surface area is 159 Å². The second-order valence-corrected chi connectivity index (χ2v) is 7.22. The minimum absolute atomic E-state index is 0.0551. The molecule has 140 valence electrons. The van der Waals surface area contributed by atoms with Crippen LogP contribution in [0, 0.1) is 6.92 Å². The van der Waals surface area contributed by atoms with Crippen molar-refractivity contribution in [2.45, 2.75) is 46.0 Å². The molecule has 1 fully saturated rings. The van der Waals surface area contributed by atoms with Crippen molar-refractivity contribution in [3.05, 3.63) is 40.8 Å². The van der Waals surface area contributed by atoms with E-state index in [1.165, 1.54) is 21.6 Å². The summed E-state index contributed by atoms with van der Waals surface area (Å²) in [5.41, 5.74) is 5.92. The molecule has 6 nitrogen and oxygen atoms in total. The number of imide groups is 1. The van der Waals surface area contributed by atoms with E-state index in [0.29, 0.717) is 32.4 Å². The highest BCUT2D eigenvalue weighted by Gasteiger charge is 2.28. The standard InChI is InChI=1S/C21H24N4O2/c1-3-17-23-16-12-14-11-13(2)5-6-15(14)20(16)21(24-17)22-9-4-10-25-18(26)7-8-19(25)27/h5-6,11H,3-4,7-10,12H2,1-2H3,(H,22,23,24). The van der Waals surface area contributed by atoms with Crippen LogP contribution in [-0.2, 0) is 22.4 Å². The molecule has 0 atom stereocenters. The summed E-state index contributed by atoms with van der Waals surface area (Å²) in [5.74, 6) is 1.59. The average molecular weight is 364 g/mol. The van der Waals surface area contributed by atoms with Crippen molar-refractivity contribution in [3.63, 3.8) is 0 Å². The SMILES string of the molecule is CCc1nc2c(c(NCCCN3C(=O)CCC3=O)n1)-c1ccc(C)cc1C2. The average Bonchev–Trinajstić information content (AvgIpc) is 3.17. The lowest BCUT2D eigenvalue weighted by atomic mass is 10.0. The highest BCUT2D eigenvalue weighted by atomic mass is 16.2. The lowest BCUT2D eigenvalue weighted by molar-refractivity contribution is -0.138. The smallest absolute Gasteiger partial charge is 0.229 e. The summed E-state index contributed by atoms with van der Waals surface area (Å²) in [6, 6.07) is 6.49. The molecule has 2 amide bonds. The number of benzene rings is 1. The molecule has 1 N–H and O–H groups in total. The van der Waals surface area contributed by atoms with Crippen molar-refractivity contribution < 1.29 is 9.59 Å². The molecule has 2 aromatic rings. The maximum Gasteiger partial charge on any atom is 0.229 e. The Hall–Kier alpha value is -2.76. The van der Waals surface area contributed by atoms with Gasteiger partial charge in [0.15, 0.2) is 0 Å². The molecule has 0 unspecified atom stereocenters. The zero-order chi connectivity index (χ0) is 19.0. The summed E-state index contributed by atoms with van der Waals surface area (Å²) in [5, 5.41) is 3.43. The Balaban J connectivity index is 1.51. The van der Waals surface area contributed by atoms with Gasteiger partial charge in [-0.3, -0.25) is 14.5 Å². The molecule has 0 saturated carbocycles. The number of carbonyl (C=O) groups excluding carboxylic acids is 2. The molecular formula is C21H24N4O2. The molecule has 1 aromatic carbocycles. The van der Waals surface area contributed by atoms with Gasteiger partial charge in [-0.15, -0.1) is 0 Å². The van der Waals surface area contributed by atoms with E-state index in [1.54, 1.807) is 0 Å². The van der Waals surface area contributed by atoms with Gasteiger partial charge < -0.3 is 5.32 Å². The van der Waals surface area contributed by atoms with Crippen molar-refractivity contribution in [2.24, 2.45) is 0 Å². The van der Waals surface area contributed by atoms with Gasteiger partial charge in [0.05, 0.1) is 5.69 Å².